The Kier molecular flexibility index (Phi) is 2.63. The molecule has 2 aromatic rings. The fourth-order valence-electron chi connectivity index (χ4n) is 1.22. The Bertz CT molecular complexity index is 454. The molecule has 1 heterocycles. The third-order valence-electron chi connectivity index (χ3n) is 2.23. The van der Waals surface area contributed by atoms with Crippen LogP contribution in [0.3, 0.4) is 0 Å². The first kappa shape index (κ1) is 9.65. The van der Waals surface area contributed by atoms with E-state index in [0.717, 1.165) is 5.75 Å². The zero-order chi connectivity index (χ0) is 10.7. The van der Waals surface area contributed by atoms with Crippen LogP contribution in [0, 0.1) is 13.8 Å². The van der Waals surface area contributed by atoms with Gasteiger partial charge in [0.25, 0.3) is 0 Å². The fraction of sp³-hybridized carbons (Fsp3) is 0.167. The molecule has 76 valence electrons. The summed E-state index contributed by atoms with van der Waals surface area (Å²) in [6.45, 7) is 4.12. The number of ether oxygens (including phenoxy) is 1. The molecule has 0 aliphatic carbocycles. The average molecular weight is 200 g/mol. The standard InChI is InChI=1S/C12H12N2O/c1-9-4-5-11(8-10(9)2)15-12-13-6-3-7-14-12/h3-8H,1-2H3. The number of rotatable bonds is 2. The van der Waals surface area contributed by atoms with Crippen molar-refractivity contribution in [2.45, 2.75) is 13.8 Å². The lowest BCUT2D eigenvalue weighted by atomic mass is 10.1. The summed E-state index contributed by atoms with van der Waals surface area (Å²) in [4.78, 5) is 7.99. The SMILES string of the molecule is Cc1ccc(Oc2ncccn2)cc1C. The molecular weight excluding hydrogens is 188 g/mol. The molecule has 0 saturated heterocycles. The topological polar surface area (TPSA) is 35.0 Å². The Morgan fingerprint density at radius 3 is 2.40 bits per heavy atom. The van der Waals surface area contributed by atoms with E-state index in [4.69, 9.17) is 4.74 Å². The lowest BCUT2D eigenvalue weighted by Crippen LogP contribution is -1.91. The van der Waals surface area contributed by atoms with E-state index in [1.165, 1.54) is 11.1 Å². The minimum Gasteiger partial charge on any atom is -0.424 e. The monoisotopic (exact) mass is 200 g/mol. The van der Waals surface area contributed by atoms with Crippen molar-refractivity contribution in [3.63, 3.8) is 0 Å². The molecule has 0 amide bonds. The Balaban J connectivity index is 2.22. The highest BCUT2D eigenvalue weighted by Gasteiger charge is 2.00. The average Bonchev–Trinajstić information content (AvgIpc) is 2.25. The summed E-state index contributed by atoms with van der Waals surface area (Å²) >= 11 is 0. The van der Waals surface area contributed by atoms with Crippen LogP contribution in [0.2, 0.25) is 0 Å². The Hall–Kier alpha value is -1.90. The minimum absolute atomic E-state index is 0.376. The molecule has 3 nitrogen and oxygen atoms in total. The molecule has 0 fully saturated rings. The molecule has 0 spiro atoms. The Labute approximate surface area is 88.8 Å². The van der Waals surface area contributed by atoms with Crippen molar-refractivity contribution >= 4 is 0 Å². The molecule has 0 aliphatic heterocycles. The van der Waals surface area contributed by atoms with E-state index in [9.17, 15) is 0 Å². The van der Waals surface area contributed by atoms with Crippen molar-refractivity contribution in [1.82, 2.24) is 9.97 Å². The first-order chi connectivity index (χ1) is 7.25. The minimum atomic E-state index is 0.376. The Morgan fingerprint density at radius 1 is 1.00 bits per heavy atom. The van der Waals surface area contributed by atoms with Crippen molar-refractivity contribution in [2.75, 3.05) is 0 Å². The smallest absolute Gasteiger partial charge is 0.321 e. The third kappa shape index (κ3) is 2.31. The molecule has 0 bridgehead atoms. The molecule has 0 radical (unpaired) electrons. The fourth-order valence-corrected chi connectivity index (χ4v) is 1.22. The van der Waals surface area contributed by atoms with Crippen molar-refractivity contribution in [1.29, 1.82) is 0 Å². The molecule has 2 rings (SSSR count). The van der Waals surface area contributed by atoms with Gasteiger partial charge >= 0.3 is 6.01 Å². The number of nitrogens with zero attached hydrogens (tertiary/aromatic N) is 2. The van der Waals surface area contributed by atoms with Crippen LogP contribution in [0.5, 0.6) is 11.8 Å². The number of hydrogen-bond donors (Lipinski definition) is 0. The van der Waals surface area contributed by atoms with Gasteiger partial charge in [-0.25, -0.2) is 9.97 Å². The third-order valence-corrected chi connectivity index (χ3v) is 2.23. The molecule has 3 heteroatoms. The van der Waals surface area contributed by atoms with E-state index < -0.39 is 0 Å². The highest BCUT2D eigenvalue weighted by atomic mass is 16.5. The molecule has 1 aromatic carbocycles. The molecule has 0 atom stereocenters. The lowest BCUT2D eigenvalue weighted by Gasteiger charge is -2.05. The van der Waals surface area contributed by atoms with Crippen molar-refractivity contribution < 1.29 is 4.74 Å². The predicted octanol–water partition coefficient (Wildman–Crippen LogP) is 2.89. The number of aromatic nitrogens is 2. The van der Waals surface area contributed by atoms with Gasteiger partial charge in [-0.05, 0) is 43.2 Å². The first-order valence-electron chi connectivity index (χ1n) is 4.78. The van der Waals surface area contributed by atoms with Crippen LogP contribution < -0.4 is 4.74 Å². The summed E-state index contributed by atoms with van der Waals surface area (Å²) in [5.74, 6) is 0.768. The normalized spacial score (nSPS) is 10.0. The predicted molar refractivity (Wildman–Crippen MR) is 58.0 cm³/mol. The van der Waals surface area contributed by atoms with E-state index in [2.05, 4.69) is 16.9 Å². The highest BCUT2D eigenvalue weighted by molar-refractivity contribution is 5.34. The van der Waals surface area contributed by atoms with Gasteiger partial charge in [-0.2, -0.15) is 0 Å². The second-order valence-corrected chi connectivity index (χ2v) is 3.38. The van der Waals surface area contributed by atoms with Crippen LogP contribution in [0.15, 0.2) is 36.7 Å². The van der Waals surface area contributed by atoms with Crippen LogP contribution in [0.25, 0.3) is 0 Å². The number of aryl methyl sites for hydroxylation is 2. The van der Waals surface area contributed by atoms with Gasteiger partial charge in [0.2, 0.25) is 0 Å². The maximum Gasteiger partial charge on any atom is 0.321 e. The molecule has 15 heavy (non-hydrogen) atoms. The molecule has 1 aromatic heterocycles. The van der Waals surface area contributed by atoms with Gasteiger partial charge < -0.3 is 4.74 Å². The van der Waals surface area contributed by atoms with Crippen molar-refractivity contribution in [3.05, 3.63) is 47.8 Å². The van der Waals surface area contributed by atoms with Gasteiger partial charge in [-0.15, -0.1) is 0 Å². The summed E-state index contributed by atoms with van der Waals surface area (Å²) in [6.07, 6.45) is 3.31. The maximum atomic E-state index is 5.49. The first-order valence-corrected chi connectivity index (χ1v) is 4.78. The quantitative estimate of drug-likeness (QED) is 0.747. The van der Waals surface area contributed by atoms with Crippen LogP contribution in [-0.2, 0) is 0 Å². The van der Waals surface area contributed by atoms with E-state index in [0.29, 0.717) is 6.01 Å². The summed E-state index contributed by atoms with van der Waals surface area (Å²) < 4.78 is 5.49. The zero-order valence-electron chi connectivity index (χ0n) is 8.77. The molecular formula is C12H12N2O. The van der Waals surface area contributed by atoms with E-state index in [1.54, 1.807) is 18.5 Å². The molecule has 0 saturated carbocycles. The van der Waals surface area contributed by atoms with E-state index in [-0.39, 0.29) is 0 Å². The lowest BCUT2D eigenvalue weighted by molar-refractivity contribution is 0.441. The number of benzene rings is 1. The number of hydrogen-bond acceptors (Lipinski definition) is 3. The molecule has 0 aliphatic rings. The van der Waals surface area contributed by atoms with Gasteiger partial charge in [0.15, 0.2) is 0 Å². The van der Waals surface area contributed by atoms with Gasteiger partial charge in [0.1, 0.15) is 5.75 Å². The van der Waals surface area contributed by atoms with Gasteiger partial charge in [-0.1, -0.05) is 6.07 Å². The summed E-state index contributed by atoms with van der Waals surface area (Å²) in [5, 5.41) is 0. The maximum absolute atomic E-state index is 5.49. The van der Waals surface area contributed by atoms with Crippen LogP contribution in [0.4, 0.5) is 0 Å². The zero-order valence-corrected chi connectivity index (χ0v) is 8.77. The summed E-state index contributed by atoms with van der Waals surface area (Å²) in [5.41, 5.74) is 2.44. The van der Waals surface area contributed by atoms with Gasteiger partial charge in [0.05, 0.1) is 0 Å². The highest BCUT2D eigenvalue weighted by Crippen LogP contribution is 2.20. The Morgan fingerprint density at radius 2 is 1.73 bits per heavy atom. The summed E-state index contributed by atoms with van der Waals surface area (Å²) in [6, 6.07) is 8.05. The van der Waals surface area contributed by atoms with Crippen molar-refractivity contribution in [2.24, 2.45) is 0 Å². The second-order valence-electron chi connectivity index (χ2n) is 3.38. The van der Waals surface area contributed by atoms with E-state index in [1.807, 2.05) is 25.1 Å². The van der Waals surface area contributed by atoms with Gasteiger partial charge in [0, 0.05) is 12.4 Å². The van der Waals surface area contributed by atoms with Crippen LogP contribution >= 0.6 is 0 Å². The second kappa shape index (κ2) is 4.09. The van der Waals surface area contributed by atoms with Gasteiger partial charge in [-0.3, -0.25) is 0 Å². The van der Waals surface area contributed by atoms with E-state index >= 15 is 0 Å². The molecule has 0 unspecified atom stereocenters. The summed E-state index contributed by atoms with van der Waals surface area (Å²) in [7, 11) is 0. The van der Waals surface area contributed by atoms with Crippen LogP contribution in [-0.4, -0.2) is 9.97 Å². The largest absolute Gasteiger partial charge is 0.424 e. The van der Waals surface area contributed by atoms with Crippen molar-refractivity contribution in [3.8, 4) is 11.8 Å². The van der Waals surface area contributed by atoms with Crippen LogP contribution in [0.1, 0.15) is 11.1 Å². The molecule has 0 N–H and O–H groups in total.